The summed E-state index contributed by atoms with van der Waals surface area (Å²) in [5.74, 6) is -0.430. The molecular weight excluding hydrogens is 351 g/mol. The van der Waals surface area contributed by atoms with E-state index in [9.17, 15) is 12.8 Å². The van der Waals surface area contributed by atoms with Crippen LogP contribution in [-0.2, 0) is 16.4 Å². The third-order valence-electron chi connectivity index (χ3n) is 5.04. The molecule has 6 heteroatoms. The van der Waals surface area contributed by atoms with Gasteiger partial charge in [-0.25, -0.2) is 12.8 Å². The maximum absolute atomic E-state index is 13.0. The van der Waals surface area contributed by atoms with Gasteiger partial charge in [0.2, 0.25) is 10.0 Å². The van der Waals surface area contributed by atoms with Crippen molar-refractivity contribution < 1.29 is 12.8 Å². The van der Waals surface area contributed by atoms with Gasteiger partial charge in [0.05, 0.1) is 4.90 Å². The van der Waals surface area contributed by atoms with E-state index in [0.717, 1.165) is 25.9 Å². The number of aryl methyl sites for hydroxylation is 1. The Morgan fingerprint density at radius 1 is 0.962 bits per heavy atom. The van der Waals surface area contributed by atoms with E-state index < -0.39 is 15.8 Å². The van der Waals surface area contributed by atoms with Crippen molar-refractivity contribution in [3.05, 3.63) is 66.0 Å². The molecule has 1 saturated heterocycles. The highest BCUT2D eigenvalue weighted by molar-refractivity contribution is 7.89. The lowest BCUT2D eigenvalue weighted by molar-refractivity contribution is 0.140. The zero-order valence-corrected chi connectivity index (χ0v) is 15.8. The van der Waals surface area contributed by atoms with E-state index in [1.165, 1.54) is 34.1 Å². The van der Waals surface area contributed by atoms with Gasteiger partial charge in [0.25, 0.3) is 0 Å². The van der Waals surface area contributed by atoms with Crippen LogP contribution < -0.4 is 0 Å². The number of sulfonamides is 1. The lowest BCUT2D eigenvalue weighted by atomic mass is 10.0. The minimum Gasteiger partial charge on any atom is -0.298 e. The number of hydrogen-bond donors (Lipinski definition) is 0. The molecule has 0 N–H and O–H groups in total. The second-order valence-corrected chi connectivity index (χ2v) is 8.71. The van der Waals surface area contributed by atoms with Crippen LogP contribution in [-0.4, -0.2) is 49.8 Å². The molecular formula is C20H25FN2O2S. The van der Waals surface area contributed by atoms with Crippen LogP contribution in [0.4, 0.5) is 4.39 Å². The topological polar surface area (TPSA) is 40.6 Å². The van der Waals surface area contributed by atoms with Gasteiger partial charge in [-0.3, -0.25) is 4.90 Å². The number of halogens is 1. The van der Waals surface area contributed by atoms with E-state index in [0.29, 0.717) is 19.1 Å². The molecule has 0 radical (unpaired) electrons. The first kappa shape index (κ1) is 19.0. The molecule has 0 bridgehead atoms. The second kappa shape index (κ2) is 8.29. The average Bonchev–Trinajstić information content (AvgIpc) is 2.67. The van der Waals surface area contributed by atoms with E-state index in [4.69, 9.17) is 0 Å². The smallest absolute Gasteiger partial charge is 0.243 e. The molecule has 1 atom stereocenters. The van der Waals surface area contributed by atoms with Crippen molar-refractivity contribution in [2.24, 2.45) is 0 Å². The van der Waals surface area contributed by atoms with E-state index in [2.05, 4.69) is 36.1 Å². The fraction of sp³-hybridized carbons (Fsp3) is 0.400. The summed E-state index contributed by atoms with van der Waals surface area (Å²) in [7, 11) is -3.54. The lowest BCUT2D eigenvalue weighted by Crippen LogP contribution is -2.51. The molecule has 0 aliphatic carbocycles. The quantitative estimate of drug-likeness (QED) is 0.778. The number of nitrogens with zero attached hydrogens (tertiary/aromatic N) is 2. The Bertz CT molecular complexity index is 801. The third-order valence-corrected chi connectivity index (χ3v) is 6.95. The molecule has 2 aromatic carbocycles. The zero-order valence-electron chi connectivity index (χ0n) is 15.0. The van der Waals surface area contributed by atoms with Gasteiger partial charge < -0.3 is 0 Å². The van der Waals surface area contributed by atoms with Crippen LogP contribution in [0.2, 0.25) is 0 Å². The van der Waals surface area contributed by atoms with Crippen LogP contribution >= 0.6 is 0 Å². The molecule has 2 aromatic rings. The Morgan fingerprint density at radius 2 is 1.58 bits per heavy atom. The summed E-state index contributed by atoms with van der Waals surface area (Å²) in [6, 6.07) is 15.9. The summed E-state index contributed by atoms with van der Waals surface area (Å²) < 4.78 is 39.9. The highest BCUT2D eigenvalue weighted by Crippen LogP contribution is 2.20. The van der Waals surface area contributed by atoms with E-state index in [1.54, 1.807) is 0 Å². The van der Waals surface area contributed by atoms with Gasteiger partial charge in [-0.1, -0.05) is 30.3 Å². The second-order valence-electron chi connectivity index (χ2n) is 6.77. The van der Waals surface area contributed by atoms with Crippen LogP contribution in [0.25, 0.3) is 0 Å². The van der Waals surface area contributed by atoms with Crippen LogP contribution in [0.3, 0.4) is 0 Å². The van der Waals surface area contributed by atoms with Crippen molar-refractivity contribution in [2.75, 3.05) is 26.2 Å². The Balaban J connectivity index is 1.54. The molecule has 140 valence electrons. The Kier molecular flexibility index (Phi) is 6.06. The van der Waals surface area contributed by atoms with Crippen molar-refractivity contribution in [1.29, 1.82) is 0 Å². The van der Waals surface area contributed by atoms with Crippen molar-refractivity contribution in [3.8, 4) is 0 Å². The van der Waals surface area contributed by atoms with Gasteiger partial charge >= 0.3 is 0 Å². The molecule has 1 aliphatic rings. The lowest BCUT2D eigenvalue weighted by Gasteiger charge is -2.37. The standard InChI is InChI=1S/C20H25FN2O2S/c1-17(7-8-18-5-3-2-4-6-18)22-13-15-23(16-14-22)26(24,25)20-11-9-19(21)10-12-20/h2-6,9-12,17H,7-8,13-16H2,1H3/t17-/m0/s1. The van der Waals surface area contributed by atoms with Crippen LogP contribution in [0.15, 0.2) is 59.5 Å². The number of hydrogen-bond acceptors (Lipinski definition) is 3. The molecule has 0 aromatic heterocycles. The summed E-state index contributed by atoms with van der Waals surface area (Å²) >= 11 is 0. The van der Waals surface area contributed by atoms with Gasteiger partial charge in [0.1, 0.15) is 5.82 Å². The predicted molar refractivity (Wildman–Crippen MR) is 101 cm³/mol. The van der Waals surface area contributed by atoms with Gasteiger partial charge in [0, 0.05) is 32.2 Å². The summed E-state index contributed by atoms with van der Waals surface area (Å²) in [6.07, 6.45) is 2.07. The zero-order chi connectivity index (χ0) is 18.6. The Labute approximate surface area is 155 Å². The molecule has 26 heavy (non-hydrogen) atoms. The highest BCUT2D eigenvalue weighted by atomic mass is 32.2. The fourth-order valence-electron chi connectivity index (χ4n) is 3.34. The van der Waals surface area contributed by atoms with Crippen LogP contribution in [0, 0.1) is 5.82 Å². The van der Waals surface area contributed by atoms with Crippen LogP contribution in [0.1, 0.15) is 18.9 Å². The third kappa shape index (κ3) is 4.50. The average molecular weight is 376 g/mol. The van der Waals surface area contributed by atoms with Gasteiger partial charge in [-0.2, -0.15) is 4.31 Å². The van der Waals surface area contributed by atoms with E-state index >= 15 is 0 Å². The molecule has 4 nitrogen and oxygen atoms in total. The number of piperazine rings is 1. The first-order valence-corrected chi connectivity index (χ1v) is 10.4. The van der Waals surface area contributed by atoms with Gasteiger partial charge in [0.15, 0.2) is 0 Å². The first-order valence-electron chi connectivity index (χ1n) is 9.00. The van der Waals surface area contributed by atoms with Gasteiger partial charge in [-0.05, 0) is 49.6 Å². The molecule has 3 rings (SSSR count). The van der Waals surface area contributed by atoms with Crippen molar-refractivity contribution in [3.63, 3.8) is 0 Å². The van der Waals surface area contributed by atoms with E-state index in [-0.39, 0.29) is 4.90 Å². The normalized spacial score (nSPS) is 17.9. The maximum atomic E-state index is 13.0. The first-order chi connectivity index (χ1) is 12.5. The summed E-state index contributed by atoms with van der Waals surface area (Å²) in [4.78, 5) is 2.50. The van der Waals surface area contributed by atoms with Crippen molar-refractivity contribution >= 4 is 10.0 Å². The molecule has 0 spiro atoms. The molecule has 0 unspecified atom stereocenters. The molecule has 0 saturated carbocycles. The number of benzene rings is 2. The summed E-state index contributed by atoms with van der Waals surface area (Å²) in [5.41, 5.74) is 1.33. The maximum Gasteiger partial charge on any atom is 0.243 e. The van der Waals surface area contributed by atoms with Gasteiger partial charge in [-0.15, -0.1) is 0 Å². The minimum atomic E-state index is -3.54. The monoisotopic (exact) mass is 376 g/mol. The minimum absolute atomic E-state index is 0.157. The van der Waals surface area contributed by atoms with Crippen molar-refractivity contribution in [2.45, 2.75) is 30.7 Å². The van der Waals surface area contributed by atoms with Crippen molar-refractivity contribution in [1.82, 2.24) is 9.21 Å². The predicted octanol–water partition coefficient (Wildman–Crippen LogP) is 3.15. The highest BCUT2D eigenvalue weighted by Gasteiger charge is 2.29. The Morgan fingerprint density at radius 3 is 2.19 bits per heavy atom. The number of rotatable bonds is 6. The SMILES string of the molecule is C[C@@H](CCc1ccccc1)N1CCN(S(=O)(=O)c2ccc(F)cc2)CC1. The summed E-state index contributed by atoms with van der Waals surface area (Å²) in [5, 5.41) is 0. The molecule has 1 heterocycles. The molecule has 0 amide bonds. The van der Waals surface area contributed by atoms with Crippen LogP contribution in [0.5, 0.6) is 0 Å². The molecule has 1 aliphatic heterocycles. The molecule has 1 fully saturated rings. The largest absolute Gasteiger partial charge is 0.298 e. The van der Waals surface area contributed by atoms with E-state index in [1.807, 2.05) is 6.07 Å². The fourth-order valence-corrected chi connectivity index (χ4v) is 4.77. The Hall–Kier alpha value is -1.76. The summed E-state index contributed by atoms with van der Waals surface area (Å²) in [6.45, 7) is 4.57.